The van der Waals surface area contributed by atoms with Crippen LogP contribution in [0, 0.1) is 0 Å². The van der Waals surface area contributed by atoms with Crippen LogP contribution in [0.5, 0.6) is 0 Å². The zero-order valence-corrected chi connectivity index (χ0v) is 13.8. The second-order valence-electron chi connectivity index (χ2n) is 3.84. The van der Waals surface area contributed by atoms with E-state index in [2.05, 4.69) is 37.0 Å². The number of rotatable bonds is 3. The van der Waals surface area contributed by atoms with Gasteiger partial charge in [-0.1, -0.05) is 0 Å². The van der Waals surface area contributed by atoms with Crippen LogP contribution >= 0.6 is 43.2 Å². The number of carbonyl (C=O) groups excluding carboxylic acids is 1. The predicted octanol–water partition coefficient (Wildman–Crippen LogP) is 3.28. The molecule has 7 heteroatoms. The number of amides is 1. The smallest absolute Gasteiger partial charge is 0.264 e. The molecule has 2 heterocycles. The summed E-state index contributed by atoms with van der Waals surface area (Å²) in [7, 11) is 3.66. The maximum atomic E-state index is 12.2. The average Bonchev–Trinajstić information content (AvgIpc) is 2.86. The van der Waals surface area contributed by atoms with Gasteiger partial charge in [-0.15, -0.1) is 11.3 Å². The molecule has 0 aliphatic heterocycles. The number of hydrogen-bond donors (Lipinski definition) is 0. The van der Waals surface area contributed by atoms with Crippen molar-refractivity contribution in [2.24, 2.45) is 7.05 Å². The standard InChI is InChI=1S/C11H11Br2N3OS/c1-15(6-7-3-4-14-16(7)2)11(17)9-5-8(12)10(13)18-9/h3-5H,6H2,1-2H3. The molecule has 1 amide bonds. The van der Waals surface area contributed by atoms with Crippen molar-refractivity contribution in [2.45, 2.75) is 6.54 Å². The molecule has 0 atom stereocenters. The van der Waals surface area contributed by atoms with E-state index in [0.717, 1.165) is 14.0 Å². The van der Waals surface area contributed by atoms with Crippen LogP contribution in [0.15, 0.2) is 26.6 Å². The van der Waals surface area contributed by atoms with Crippen LogP contribution in [0.3, 0.4) is 0 Å². The van der Waals surface area contributed by atoms with Crippen LogP contribution in [0.25, 0.3) is 0 Å². The van der Waals surface area contributed by atoms with Gasteiger partial charge in [0.15, 0.2) is 0 Å². The summed E-state index contributed by atoms with van der Waals surface area (Å²) in [6.45, 7) is 0.544. The minimum absolute atomic E-state index is 0.00704. The van der Waals surface area contributed by atoms with Gasteiger partial charge in [-0.05, 0) is 44.0 Å². The summed E-state index contributed by atoms with van der Waals surface area (Å²) in [6.07, 6.45) is 1.73. The first kappa shape index (κ1) is 13.8. The minimum Gasteiger partial charge on any atom is -0.335 e. The Kier molecular flexibility index (Phi) is 4.24. The summed E-state index contributed by atoms with van der Waals surface area (Å²) < 4.78 is 3.61. The summed E-state index contributed by atoms with van der Waals surface area (Å²) in [5.41, 5.74) is 1.00. The largest absolute Gasteiger partial charge is 0.335 e. The number of hydrogen-bond acceptors (Lipinski definition) is 3. The van der Waals surface area contributed by atoms with Gasteiger partial charge in [0.05, 0.1) is 20.9 Å². The maximum Gasteiger partial charge on any atom is 0.264 e. The third-order valence-corrected chi connectivity index (χ3v) is 5.77. The SMILES string of the molecule is CN(Cc1ccnn1C)C(=O)c1cc(Br)c(Br)s1. The third-order valence-electron chi connectivity index (χ3n) is 2.52. The van der Waals surface area contributed by atoms with Crippen molar-refractivity contribution in [3.8, 4) is 0 Å². The molecule has 0 aliphatic rings. The zero-order valence-electron chi connectivity index (χ0n) is 9.85. The fraction of sp³-hybridized carbons (Fsp3) is 0.273. The molecule has 0 radical (unpaired) electrons. The number of aromatic nitrogens is 2. The number of aryl methyl sites for hydroxylation is 1. The Morgan fingerprint density at radius 1 is 1.56 bits per heavy atom. The fourth-order valence-electron chi connectivity index (χ4n) is 1.51. The third kappa shape index (κ3) is 2.84. The van der Waals surface area contributed by atoms with E-state index in [1.807, 2.05) is 19.2 Å². The van der Waals surface area contributed by atoms with Gasteiger partial charge in [0, 0.05) is 24.8 Å². The highest BCUT2D eigenvalue weighted by Gasteiger charge is 2.17. The van der Waals surface area contributed by atoms with Gasteiger partial charge in [0.1, 0.15) is 0 Å². The maximum absolute atomic E-state index is 12.2. The number of halogens is 2. The molecular formula is C11H11Br2N3OS. The van der Waals surface area contributed by atoms with E-state index in [1.54, 1.807) is 22.8 Å². The van der Waals surface area contributed by atoms with Gasteiger partial charge in [0.2, 0.25) is 0 Å². The van der Waals surface area contributed by atoms with Gasteiger partial charge < -0.3 is 4.90 Å². The lowest BCUT2D eigenvalue weighted by Gasteiger charge is -2.16. The van der Waals surface area contributed by atoms with Crippen LogP contribution in [0.2, 0.25) is 0 Å². The summed E-state index contributed by atoms with van der Waals surface area (Å²) in [5, 5.41) is 4.09. The van der Waals surface area contributed by atoms with Crippen molar-refractivity contribution >= 4 is 49.1 Å². The Morgan fingerprint density at radius 3 is 2.78 bits per heavy atom. The molecule has 0 fully saturated rings. The molecule has 0 aromatic carbocycles. The van der Waals surface area contributed by atoms with Crippen LogP contribution < -0.4 is 0 Å². The molecule has 0 saturated carbocycles. The van der Waals surface area contributed by atoms with E-state index in [1.165, 1.54) is 11.3 Å². The van der Waals surface area contributed by atoms with Gasteiger partial charge in [-0.25, -0.2) is 0 Å². The van der Waals surface area contributed by atoms with Gasteiger partial charge in [0.25, 0.3) is 5.91 Å². The number of carbonyl (C=O) groups is 1. The highest BCUT2D eigenvalue weighted by Crippen LogP contribution is 2.32. The van der Waals surface area contributed by atoms with Crippen molar-refractivity contribution in [1.82, 2.24) is 14.7 Å². The highest BCUT2D eigenvalue weighted by atomic mass is 79.9. The van der Waals surface area contributed by atoms with Gasteiger partial charge in [-0.3, -0.25) is 9.48 Å². The lowest BCUT2D eigenvalue weighted by molar-refractivity contribution is 0.0786. The molecule has 2 aromatic heterocycles. The Labute approximate surface area is 126 Å². The highest BCUT2D eigenvalue weighted by molar-refractivity contribution is 9.13. The van der Waals surface area contributed by atoms with Crippen LogP contribution in [-0.4, -0.2) is 27.6 Å². The second kappa shape index (κ2) is 5.54. The van der Waals surface area contributed by atoms with E-state index >= 15 is 0 Å². The molecular weight excluding hydrogens is 382 g/mol. The molecule has 0 N–H and O–H groups in total. The average molecular weight is 393 g/mol. The van der Waals surface area contributed by atoms with Crippen LogP contribution in [-0.2, 0) is 13.6 Å². The molecule has 0 saturated heterocycles. The molecule has 2 rings (SSSR count). The first-order valence-electron chi connectivity index (χ1n) is 5.16. The monoisotopic (exact) mass is 391 g/mol. The summed E-state index contributed by atoms with van der Waals surface area (Å²) in [6, 6.07) is 3.74. The summed E-state index contributed by atoms with van der Waals surface area (Å²) in [5.74, 6) is 0.00704. The van der Waals surface area contributed by atoms with E-state index in [0.29, 0.717) is 11.4 Å². The molecule has 0 bridgehead atoms. The Balaban J connectivity index is 2.12. The first-order valence-corrected chi connectivity index (χ1v) is 7.56. The Hall–Kier alpha value is -0.660. The molecule has 0 unspecified atom stereocenters. The van der Waals surface area contributed by atoms with Crippen molar-refractivity contribution < 1.29 is 4.79 Å². The van der Waals surface area contributed by atoms with Crippen LogP contribution in [0.4, 0.5) is 0 Å². The first-order chi connectivity index (χ1) is 8.49. The molecule has 0 aliphatic carbocycles. The predicted molar refractivity (Wildman–Crippen MR) is 78.7 cm³/mol. The molecule has 4 nitrogen and oxygen atoms in total. The second-order valence-corrected chi connectivity index (χ2v) is 7.06. The van der Waals surface area contributed by atoms with Crippen molar-refractivity contribution in [2.75, 3.05) is 7.05 Å². The zero-order chi connectivity index (χ0) is 13.3. The van der Waals surface area contributed by atoms with Crippen molar-refractivity contribution in [3.63, 3.8) is 0 Å². The Bertz CT molecular complexity index is 559. The molecule has 2 aromatic rings. The van der Waals surface area contributed by atoms with Gasteiger partial charge in [-0.2, -0.15) is 5.10 Å². The Morgan fingerprint density at radius 2 is 2.28 bits per heavy atom. The molecule has 18 heavy (non-hydrogen) atoms. The van der Waals surface area contributed by atoms with Crippen molar-refractivity contribution in [1.29, 1.82) is 0 Å². The van der Waals surface area contributed by atoms with E-state index < -0.39 is 0 Å². The topological polar surface area (TPSA) is 38.1 Å². The number of thiophene rings is 1. The van der Waals surface area contributed by atoms with Gasteiger partial charge >= 0.3 is 0 Å². The summed E-state index contributed by atoms with van der Waals surface area (Å²) in [4.78, 5) is 14.6. The molecule has 0 spiro atoms. The number of nitrogens with zero attached hydrogens (tertiary/aromatic N) is 3. The van der Waals surface area contributed by atoms with Crippen LogP contribution in [0.1, 0.15) is 15.4 Å². The molecule has 96 valence electrons. The normalized spacial score (nSPS) is 10.7. The van der Waals surface area contributed by atoms with E-state index in [9.17, 15) is 4.79 Å². The van der Waals surface area contributed by atoms with E-state index in [-0.39, 0.29) is 5.91 Å². The lowest BCUT2D eigenvalue weighted by atomic mass is 10.3. The lowest BCUT2D eigenvalue weighted by Crippen LogP contribution is -2.26. The summed E-state index contributed by atoms with van der Waals surface area (Å²) >= 11 is 8.20. The quantitative estimate of drug-likeness (QED) is 0.803. The van der Waals surface area contributed by atoms with Crippen molar-refractivity contribution in [3.05, 3.63) is 37.2 Å². The van der Waals surface area contributed by atoms with E-state index in [4.69, 9.17) is 0 Å². The minimum atomic E-state index is 0.00704. The fourth-order valence-corrected chi connectivity index (χ4v) is 3.54.